The Morgan fingerprint density at radius 2 is 1.63 bits per heavy atom. The van der Waals surface area contributed by atoms with E-state index < -0.39 is 17.4 Å². The van der Waals surface area contributed by atoms with Gasteiger partial charge in [-0.1, -0.05) is 12.1 Å². The van der Waals surface area contributed by atoms with Crippen LogP contribution in [0.3, 0.4) is 0 Å². The normalized spacial score (nSPS) is 10.9. The predicted molar refractivity (Wildman–Crippen MR) is 97.0 cm³/mol. The Labute approximate surface area is 157 Å². The fourth-order valence-corrected chi connectivity index (χ4v) is 2.07. The number of ether oxygens (including phenoxy) is 3. The van der Waals surface area contributed by atoms with Gasteiger partial charge in [0.25, 0.3) is 5.91 Å². The first kappa shape index (κ1) is 20.0. The SMILES string of the molecule is COc1cc(OC)nc(Oc2ccccc2C(=O)N(C)C(C)(C)C(N)=O)n1. The van der Waals surface area contributed by atoms with Crippen molar-refractivity contribution < 1.29 is 23.8 Å². The molecule has 0 atom stereocenters. The number of nitrogens with two attached hydrogens (primary N) is 1. The van der Waals surface area contributed by atoms with Crippen LogP contribution >= 0.6 is 0 Å². The lowest BCUT2D eigenvalue weighted by atomic mass is 10.0. The predicted octanol–water partition coefficient (Wildman–Crippen LogP) is 1.62. The van der Waals surface area contributed by atoms with Crippen LogP contribution in [-0.2, 0) is 4.79 Å². The zero-order chi connectivity index (χ0) is 20.2. The molecular formula is C18H22N4O5. The van der Waals surface area contributed by atoms with Crippen LogP contribution in [0.25, 0.3) is 0 Å². The molecule has 1 aromatic heterocycles. The minimum absolute atomic E-state index is 0.0525. The van der Waals surface area contributed by atoms with Gasteiger partial charge in [-0.25, -0.2) is 0 Å². The maximum absolute atomic E-state index is 12.9. The fraction of sp³-hybridized carbons (Fsp3) is 0.333. The first-order valence-electron chi connectivity index (χ1n) is 8.02. The Bertz CT molecular complexity index is 831. The van der Waals surface area contributed by atoms with Crippen molar-refractivity contribution in [3.05, 3.63) is 35.9 Å². The summed E-state index contributed by atoms with van der Waals surface area (Å²) < 4.78 is 15.9. The number of benzene rings is 1. The number of carbonyl (C=O) groups excluding carboxylic acids is 2. The molecule has 9 heteroatoms. The van der Waals surface area contributed by atoms with Crippen molar-refractivity contribution in [2.45, 2.75) is 19.4 Å². The zero-order valence-corrected chi connectivity index (χ0v) is 15.8. The Hall–Kier alpha value is -3.36. The highest BCUT2D eigenvalue weighted by Crippen LogP contribution is 2.28. The lowest BCUT2D eigenvalue weighted by Gasteiger charge is -2.32. The van der Waals surface area contributed by atoms with Gasteiger partial charge in [0.15, 0.2) is 0 Å². The summed E-state index contributed by atoms with van der Waals surface area (Å²) in [5.41, 5.74) is 4.44. The molecule has 0 saturated carbocycles. The van der Waals surface area contributed by atoms with E-state index >= 15 is 0 Å². The smallest absolute Gasteiger partial charge is 0.328 e. The topological polar surface area (TPSA) is 117 Å². The summed E-state index contributed by atoms with van der Waals surface area (Å²) >= 11 is 0. The van der Waals surface area contributed by atoms with Crippen molar-refractivity contribution in [3.63, 3.8) is 0 Å². The van der Waals surface area contributed by atoms with Crippen molar-refractivity contribution in [2.75, 3.05) is 21.3 Å². The molecule has 2 rings (SSSR count). The summed E-state index contributed by atoms with van der Waals surface area (Å²) in [5, 5.41) is 0. The number of hydrogen-bond donors (Lipinski definition) is 1. The van der Waals surface area contributed by atoms with E-state index in [1.165, 1.54) is 32.2 Å². The molecule has 0 aliphatic carbocycles. The standard InChI is InChI=1S/C18H22N4O5/c1-18(2,16(19)24)22(3)15(23)11-8-6-7-9-12(11)27-17-20-13(25-4)10-14(21-17)26-5/h6-10H,1-5H3,(H2,19,24). The van der Waals surface area contributed by atoms with Gasteiger partial charge in [-0.3, -0.25) is 9.59 Å². The molecule has 1 aromatic carbocycles. The molecule has 0 spiro atoms. The molecule has 27 heavy (non-hydrogen) atoms. The molecule has 0 aliphatic heterocycles. The average molecular weight is 374 g/mol. The summed E-state index contributed by atoms with van der Waals surface area (Å²) in [4.78, 5) is 34.0. The number of amides is 2. The summed E-state index contributed by atoms with van der Waals surface area (Å²) in [6.07, 6.45) is 0. The lowest BCUT2D eigenvalue weighted by Crippen LogP contribution is -2.53. The van der Waals surface area contributed by atoms with Crippen molar-refractivity contribution in [3.8, 4) is 23.5 Å². The first-order valence-corrected chi connectivity index (χ1v) is 8.02. The van der Waals surface area contributed by atoms with Crippen LogP contribution in [0.2, 0.25) is 0 Å². The van der Waals surface area contributed by atoms with Gasteiger partial charge in [0.2, 0.25) is 17.7 Å². The number of methoxy groups -OCH3 is 2. The van der Waals surface area contributed by atoms with E-state index in [0.29, 0.717) is 0 Å². The van der Waals surface area contributed by atoms with E-state index in [4.69, 9.17) is 19.9 Å². The van der Waals surface area contributed by atoms with Gasteiger partial charge in [0.1, 0.15) is 11.3 Å². The fourth-order valence-electron chi connectivity index (χ4n) is 2.07. The minimum atomic E-state index is -1.18. The molecular weight excluding hydrogens is 352 g/mol. The van der Waals surface area contributed by atoms with E-state index in [1.807, 2.05) is 0 Å². The van der Waals surface area contributed by atoms with Gasteiger partial charge in [0, 0.05) is 7.05 Å². The van der Waals surface area contributed by atoms with Crippen molar-refractivity contribution in [1.29, 1.82) is 0 Å². The lowest BCUT2D eigenvalue weighted by molar-refractivity contribution is -0.126. The number of rotatable bonds is 7. The van der Waals surface area contributed by atoms with E-state index in [9.17, 15) is 9.59 Å². The highest BCUT2D eigenvalue weighted by atomic mass is 16.5. The second-order valence-electron chi connectivity index (χ2n) is 6.12. The van der Waals surface area contributed by atoms with E-state index in [-0.39, 0.29) is 29.1 Å². The highest BCUT2D eigenvalue weighted by Gasteiger charge is 2.34. The van der Waals surface area contributed by atoms with Gasteiger partial charge in [-0.05, 0) is 26.0 Å². The molecule has 144 valence electrons. The third kappa shape index (κ3) is 4.25. The Morgan fingerprint density at radius 1 is 1.07 bits per heavy atom. The third-order valence-corrected chi connectivity index (χ3v) is 4.14. The molecule has 2 N–H and O–H groups in total. The summed E-state index contributed by atoms with van der Waals surface area (Å²) in [7, 11) is 4.39. The van der Waals surface area contributed by atoms with Crippen LogP contribution in [0, 0.1) is 0 Å². The van der Waals surface area contributed by atoms with Crippen molar-refractivity contribution in [1.82, 2.24) is 14.9 Å². The van der Waals surface area contributed by atoms with E-state index in [0.717, 1.165) is 0 Å². The van der Waals surface area contributed by atoms with Gasteiger partial charge in [-0.15, -0.1) is 0 Å². The van der Waals surface area contributed by atoms with Gasteiger partial charge in [-0.2, -0.15) is 9.97 Å². The summed E-state index contributed by atoms with van der Waals surface area (Å²) in [6, 6.07) is 7.98. The van der Waals surface area contributed by atoms with Gasteiger partial charge < -0.3 is 24.8 Å². The Kier molecular flexibility index (Phi) is 5.84. The largest absolute Gasteiger partial charge is 0.481 e. The van der Waals surface area contributed by atoms with E-state index in [1.54, 1.807) is 38.1 Å². The first-order chi connectivity index (χ1) is 12.7. The van der Waals surface area contributed by atoms with Crippen molar-refractivity contribution >= 4 is 11.8 Å². The van der Waals surface area contributed by atoms with Gasteiger partial charge in [0.05, 0.1) is 25.8 Å². The molecule has 0 bridgehead atoms. The molecule has 0 unspecified atom stereocenters. The van der Waals surface area contributed by atoms with Crippen LogP contribution in [0.4, 0.5) is 0 Å². The minimum Gasteiger partial charge on any atom is -0.481 e. The van der Waals surface area contributed by atoms with Crippen molar-refractivity contribution in [2.24, 2.45) is 5.73 Å². The highest BCUT2D eigenvalue weighted by molar-refractivity contribution is 6.00. The Balaban J connectivity index is 2.39. The summed E-state index contributed by atoms with van der Waals surface area (Å²) in [6.45, 7) is 3.12. The molecule has 0 fully saturated rings. The third-order valence-electron chi connectivity index (χ3n) is 4.14. The number of hydrogen-bond acceptors (Lipinski definition) is 7. The van der Waals surface area contributed by atoms with Crippen LogP contribution < -0.4 is 19.9 Å². The molecule has 0 saturated heterocycles. The number of primary amides is 1. The van der Waals surface area contributed by atoms with Crippen LogP contribution in [0.15, 0.2) is 30.3 Å². The van der Waals surface area contributed by atoms with Crippen LogP contribution in [0.1, 0.15) is 24.2 Å². The van der Waals surface area contributed by atoms with Gasteiger partial charge >= 0.3 is 6.01 Å². The maximum atomic E-state index is 12.9. The molecule has 0 aliphatic rings. The summed E-state index contributed by atoms with van der Waals surface area (Å²) in [5.74, 6) is -0.368. The molecule has 2 aromatic rings. The monoisotopic (exact) mass is 374 g/mol. The molecule has 9 nitrogen and oxygen atoms in total. The second-order valence-corrected chi connectivity index (χ2v) is 6.12. The van der Waals surface area contributed by atoms with Crippen LogP contribution in [-0.4, -0.2) is 53.5 Å². The average Bonchev–Trinajstić information content (AvgIpc) is 2.66. The number of aromatic nitrogens is 2. The molecule has 2 amide bonds. The Morgan fingerprint density at radius 3 is 2.15 bits per heavy atom. The maximum Gasteiger partial charge on any atom is 0.328 e. The number of carbonyl (C=O) groups is 2. The van der Waals surface area contributed by atoms with E-state index in [2.05, 4.69) is 9.97 Å². The molecule has 1 heterocycles. The molecule has 0 radical (unpaired) electrons. The zero-order valence-electron chi connectivity index (χ0n) is 15.8. The second kappa shape index (κ2) is 7.90. The number of para-hydroxylation sites is 1. The number of nitrogens with zero attached hydrogens (tertiary/aromatic N) is 3. The quantitative estimate of drug-likeness (QED) is 0.782. The van der Waals surface area contributed by atoms with Crippen LogP contribution in [0.5, 0.6) is 23.5 Å². The number of likely N-dealkylation sites (N-methyl/N-ethyl adjacent to an activating group) is 1.